The van der Waals surface area contributed by atoms with Gasteiger partial charge in [-0.1, -0.05) is 18.9 Å². The minimum atomic E-state index is -4.26. The molecule has 0 radical (unpaired) electrons. The van der Waals surface area contributed by atoms with Crippen molar-refractivity contribution in [2.45, 2.75) is 70.4 Å². The van der Waals surface area contributed by atoms with Gasteiger partial charge in [0.25, 0.3) is 0 Å². The molecule has 0 spiro atoms. The van der Waals surface area contributed by atoms with Crippen LogP contribution >= 0.6 is 0 Å². The van der Waals surface area contributed by atoms with Crippen LogP contribution in [-0.2, 0) is 17.2 Å². The highest BCUT2D eigenvalue weighted by Gasteiger charge is 2.27. The maximum Gasteiger partial charge on any atom is 0.390 e. The molecule has 2 aromatic carbocycles. The second-order valence-electron chi connectivity index (χ2n) is 10.3. The highest BCUT2D eigenvalue weighted by molar-refractivity contribution is 7.84. The molecule has 2 aromatic rings. The van der Waals surface area contributed by atoms with Crippen molar-refractivity contribution in [1.29, 1.82) is 0 Å². The third kappa shape index (κ3) is 10.7. The predicted molar refractivity (Wildman–Crippen MR) is 148 cm³/mol. The Morgan fingerprint density at radius 1 is 0.897 bits per heavy atom. The quantitative estimate of drug-likeness (QED) is 0.185. The molecule has 39 heavy (non-hydrogen) atoms. The minimum Gasteiger partial charge on any atom is -0.508 e. The number of hydrogen-bond donors (Lipinski definition) is 1. The Hall–Kier alpha value is -2.26. The van der Waals surface area contributed by atoms with E-state index in [1.54, 1.807) is 12.1 Å². The summed E-state index contributed by atoms with van der Waals surface area (Å²) in [6, 6.07) is 9.03. The maximum atomic E-state index is 14.1. The number of alkyl halides is 3. The average molecular weight is 572 g/mol. The van der Waals surface area contributed by atoms with Crippen molar-refractivity contribution in [2.24, 2.45) is 0 Å². The molecule has 0 aliphatic heterocycles. The molecule has 0 aromatic heterocycles. The summed E-state index contributed by atoms with van der Waals surface area (Å²) in [6.45, 7) is 1.55. The summed E-state index contributed by atoms with van der Waals surface area (Å²) < 4.78 is 76.6. The van der Waals surface area contributed by atoms with E-state index < -0.39 is 35.0 Å². The molecule has 0 saturated carbocycles. The van der Waals surface area contributed by atoms with Gasteiger partial charge in [0.05, 0.1) is 6.42 Å². The second-order valence-corrected chi connectivity index (χ2v) is 12.0. The number of aryl methyl sites for hydroxylation is 1. The van der Waals surface area contributed by atoms with Gasteiger partial charge in [-0.2, -0.15) is 13.2 Å². The van der Waals surface area contributed by atoms with Crippen LogP contribution in [0.15, 0.2) is 36.4 Å². The minimum absolute atomic E-state index is 0.213. The lowest BCUT2D eigenvalue weighted by molar-refractivity contribution is -0.129. The van der Waals surface area contributed by atoms with Crippen molar-refractivity contribution in [1.82, 2.24) is 4.90 Å². The third-order valence-electron chi connectivity index (χ3n) is 7.10. The first-order valence-electron chi connectivity index (χ1n) is 13.6. The summed E-state index contributed by atoms with van der Waals surface area (Å²) in [6.07, 6.45) is 2.31. The average Bonchev–Trinajstić information content (AvgIpc) is 3.02. The van der Waals surface area contributed by atoms with Crippen LogP contribution < -0.4 is 0 Å². The van der Waals surface area contributed by atoms with Crippen molar-refractivity contribution in [3.63, 3.8) is 0 Å². The van der Waals surface area contributed by atoms with Crippen molar-refractivity contribution in [2.75, 3.05) is 31.6 Å². The number of aromatic hydroxyl groups is 1. The van der Waals surface area contributed by atoms with E-state index in [-0.39, 0.29) is 17.3 Å². The molecule has 9 heteroatoms. The Labute approximate surface area is 230 Å². The first-order chi connectivity index (χ1) is 18.5. The van der Waals surface area contributed by atoms with Crippen LogP contribution in [0.1, 0.15) is 74.5 Å². The molecular weight excluding hydrogens is 533 g/mol. The number of unbranched alkanes of at least 4 members (excludes halogenated alkanes) is 3. The third-order valence-corrected chi connectivity index (χ3v) is 8.51. The monoisotopic (exact) mass is 571 g/mol. The van der Waals surface area contributed by atoms with E-state index >= 15 is 0 Å². The summed E-state index contributed by atoms with van der Waals surface area (Å²) in [5.74, 6) is -1.02. The molecule has 0 heterocycles. The van der Waals surface area contributed by atoms with E-state index in [1.807, 2.05) is 13.1 Å². The molecule has 1 atom stereocenters. The standard InChI is InChI=1S/C30H38F5NO2S/c1-36(15-7-16-39(38)17-13-30(33,34)35)14-5-3-2-4-9-29-27(23-18-24(31)21-25(32)19-23)10-6-8-22-20-26(37)11-12-28(22)29/h11-12,18-21,37H,2-10,13-17H2,1H3. The Morgan fingerprint density at radius 3 is 2.31 bits per heavy atom. The maximum absolute atomic E-state index is 14.1. The van der Waals surface area contributed by atoms with Gasteiger partial charge in [-0.3, -0.25) is 4.21 Å². The fraction of sp³-hybridized carbons (Fsp3) is 0.533. The highest BCUT2D eigenvalue weighted by Crippen LogP contribution is 2.40. The molecule has 3 nitrogen and oxygen atoms in total. The van der Waals surface area contributed by atoms with Gasteiger partial charge in [-0.05, 0) is 117 Å². The number of benzene rings is 2. The SMILES string of the molecule is CN(CCCCCCC1=C(c2cc(F)cc(F)c2)CCCc2cc(O)ccc21)CCCS(=O)CCC(F)(F)F. The van der Waals surface area contributed by atoms with E-state index in [1.165, 1.54) is 12.1 Å². The zero-order valence-corrected chi connectivity index (χ0v) is 23.3. The number of halogens is 5. The molecule has 3 rings (SSSR count). The smallest absolute Gasteiger partial charge is 0.390 e. The van der Waals surface area contributed by atoms with E-state index in [4.69, 9.17) is 0 Å². The van der Waals surface area contributed by atoms with Crippen molar-refractivity contribution >= 4 is 21.9 Å². The Balaban J connectivity index is 1.51. The topological polar surface area (TPSA) is 40.5 Å². The summed E-state index contributed by atoms with van der Waals surface area (Å²) in [5, 5.41) is 10.00. The van der Waals surface area contributed by atoms with E-state index in [9.17, 15) is 31.3 Å². The highest BCUT2D eigenvalue weighted by atomic mass is 32.2. The number of hydrogen-bond acceptors (Lipinski definition) is 3. The Morgan fingerprint density at radius 2 is 1.59 bits per heavy atom. The molecule has 1 aliphatic rings. The van der Waals surface area contributed by atoms with Crippen LogP contribution in [-0.4, -0.2) is 52.0 Å². The number of phenolic OH excluding ortho intramolecular Hbond substituents is 1. The molecule has 216 valence electrons. The lowest BCUT2D eigenvalue weighted by Crippen LogP contribution is -2.23. The van der Waals surface area contributed by atoms with Crippen LogP contribution in [0.4, 0.5) is 22.0 Å². The molecule has 0 bridgehead atoms. The van der Waals surface area contributed by atoms with Crippen LogP contribution in [0.25, 0.3) is 11.1 Å². The van der Waals surface area contributed by atoms with Gasteiger partial charge in [-0.25, -0.2) is 8.78 Å². The number of allylic oxidation sites excluding steroid dienone is 2. The van der Waals surface area contributed by atoms with E-state index in [0.717, 1.165) is 79.8 Å². The van der Waals surface area contributed by atoms with Crippen LogP contribution in [0.5, 0.6) is 5.75 Å². The fourth-order valence-electron chi connectivity index (χ4n) is 5.16. The molecular formula is C30H38F5NO2S. The number of nitrogens with zero attached hydrogens (tertiary/aromatic N) is 1. The predicted octanol–water partition coefficient (Wildman–Crippen LogP) is 7.89. The van der Waals surface area contributed by atoms with Crippen molar-refractivity contribution < 1.29 is 31.3 Å². The zero-order chi connectivity index (χ0) is 28.4. The van der Waals surface area contributed by atoms with Gasteiger partial charge in [0.2, 0.25) is 0 Å². The van der Waals surface area contributed by atoms with Crippen molar-refractivity contribution in [3.8, 4) is 5.75 Å². The first-order valence-corrected chi connectivity index (χ1v) is 15.1. The number of rotatable bonds is 14. The molecule has 1 unspecified atom stereocenters. The molecule has 1 aliphatic carbocycles. The van der Waals surface area contributed by atoms with Gasteiger partial charge >= 0.3 is 6.18 Å². The van der Waals surface area contributed by atoms with E-state index in [0.29, 0.717) is 24.9 Å². The van der Waals surface area contributed by atoms with Crippen molar-refractivity contribution in [3.05, 3.63) is 64.7 Å². The largest absolute Gasteiger partial charge is 0.508 e. The molecule has 0 amide bonds. The summed E-state index contributed by atoms with van der Waals surface area (Å²) in [5.41, 5.74) is 4.72. The zero-order valence-electron chi connectivity index (χ0n) is 22.5. The number of fused-ring (bicyclic) bond motifs is 1. The Kier molecular flexibility index (Phi) is 12.0. The lowest BCUT2D eigenvalue weighted by atomic mass is 9.89. The normalized spacial score (nSPS) is 14.9. The summed E-state index contributed by atoms with van der Waals surface area (Å²) in [7, 11) is 0.524. The first kappa shape index (κ1) is 31.3. The second kappa shape index (κ2) is 14.9. The van der Waals surface area contributed by atoms with Crippen LogP contribution in [0.3, 0.4) is 0 Å². The molecule has 0 saturated heterocycles. The van der Waals surface area contributed by atoms with Gasteiger partial charge in [0, 0.05) is 28.4 Å². The Bertz CT molecular complexity index is 1130. The van der Waals surface area contributed by atoms with Crippen LogP contribution in [0, 0.1) is 11.6 Å². The fourth-order valence-corrected chi connectivity index (χ4v) is 6.27. The van der Waals surface area contributed by atoms with Gasteiger partial charge in [-0.15, -0.1) is 0 Å². The summed E-state index contributed by atoms with van der Waals surface area (Å²) in [4.78, 5) is 2.12. The van der Waals surface area contributed by atoms with Gasteiger partial charge in [0.15, 0.2) is 0 Å². The molecule has 1 N–H and O–H groups in total. The van der Waals surface area contributed by atoms with Gasteiger partial charge in [0.1, 0.15) is 17.4 Å². The van der Waals surface area contributed by atoms with E-state index in [2.05, 4.69) is 4.90 Å². The number of phenols is 1. The van der Waals surface area contributed by atoms with Crippen LogP contribution in [0.2, 0.25) is 0 Å². The van der Waals surface area contributed by atoms with Gasteiger partial charge < -0.3 is 10.0 Å². The summed E-state index contributed by atoms with van der Waals surface area (Å²) >= 11 is 0. The molecule has 0 fully saturated rings. The lowest BCUT2D eigenvalue weighted by Gasteiger charge is -2.18.